The zero-order valence-corrected chi connectivity index (χ0v) is 22.5. The Labute approximate surface area is 234 Å². The van der Waals surface area contributed by atoms with E-state index in [0.717, 1.165) is 0 Å². The highest BCUT2D eigenvalue weighted by Gasteiger charge is 2.41. The summed E-state index contributed by atoms with van der Waals surface area (Å²) in [6.45, 7) is 2.41. The van der Waals surface area contributed by atoms with Gasteiger partial charge in [-0.05, 0) is 57.0 Å². The number of benzene rings is 5. The van der Waals surface area contributed by atoms with E-state index < -0.39 is 0 Å². The van der Waals surface area contributed by atoms with Crippen molar-refractivity contribution >= 4 is 33.0 Å². The monoisotopic (exact) mass is 511 g/mol. The van der Waals surface area contributed by atoms with E-state index in [0.29, 0.717) is 0 Å². The minimum Gasteiger partial charge on any atom is -0.309 e. The van der Waals surface area contributed by atoms with E-state index in [1.54, 1.807) is 0 Å². The molecular weight excluding hydrogens is 482 g/mol. The molecule has 2 atom stereocenters. The first kappa shape index (κ1) is 23.0. The van der Waals surface area contributed by atoms with Gasteiger partial charge in [0, 0.05) is 27.8 Å². The van der Waals surface area contributed by atoms with Crippen molar-refractivity contribution in [3.8, 4) is 5.69 Å². The molecule has 190 valence electrons. The topological polar surface area (TPSA) is 4.93 Å². The van der Waals surface area contributed by atoms with Crippen LogP contribution in [-0.4, -0.2) is 4.57 Å². The number of fused-ring (bicyclic) bond motifs is 5. The Morgan fingerprint density at radius 3 is 1.85 bits per heavy atom. The number of aromatic nitrogens is 1. The number of hydrogen-bond donors (Lipinski definition) is 0. The summed E-state index contributed by atoms with van der Waals surface area (Å²) in [7, 11) is 0. The Bertz CT molecular complexity index is 2050. The summed E-state index contributed by atoms with van der Waals surface area (Å²) in [5.41, 5.74) is 8.88. The molecule has 1 heterocycles. The van der Waals surface area contributed by atoms with Crippen LogP contribution in [0.5, 0.6) is 0 Å². The van der Waals surface area contributed by atoms with Gasteiger partial charge in [0.05, 0.1) is 11.0 Å². The molecule has 2 aliphatic carbocycles. The van der Waals surface area contributed by atoms with Crippen LogP contribution in [0.2, 0.25) is 0 Å². The SMILES string of the molecule is CC12C=CC=CC1C(c1ccc(-n3c4ccccc4c4ccccc43)cc1)=c1ccccc1=C2c1ccccc1. The van der Waals surface area contributed by atoms with E-state index in [-0.39, 0.29) is 11.3 Å². The smallest absolute Gasteiger partial charge is 0.0541 e. The molecule has 1 aromatic heterocycles. The van der Waals surface area contributed by atoms with Crippen molar-refractivity contribution in [2.45, 2.75) is 6.92 Å². The van der Waals surface area contributed by atoms with Crippen LogP contribution in [0.15, 0.2) is 152 Å². The maximum atomic E-state index is 2.41. The predicted octanol–water partition coefficient (Wildman–Crippen LogP) is 7.94. The second-order valence-electron chi connectivity index (χ2n) is 11.1. The molecule has 0 N–H and O–H groups in total. The van der Waals surface area contributed by atoms with E-state index in [1.165, 1.54) is 60.2 Å². The third-order valence-electron chi connectivity index (χ3n) is 8.92. The van der Waals surface area contributed by atoms with Crippen LogP contribution < -0.4 is 10.4 Å². The number of rotatable bonds is 3. The molecule has 0 spiro atoms. The van der Waals surface area contributed by atoms with Crippen molar-refractivity contribution in [3.63, 3.8) is 0 Å². The first-order valence-corrected chi connectivity index (χ1v) is 14.1. The number of allylic oxidation sites excluding steroid dienone is 4. The van der Waals surface area contributed by atoms with E-state index in [4.69, 9.17) is 0 Å². The second-order valence-corrected chi connectivity index (χ2v) is 11.1. The molecule has 0 saturated heterocycles. The Morgan fingerprint density at radius 2 is 1.15 bits per heavy atom. The lowest BCUT2D eigenvalue weighted by Gasteiger charge is -2.42. The Kier molecular flexibility index (Phi) is 5.09. The Morgan fingerprint density at radius 1 is 0.550 bits per heavy atom. The van der Waals surface area contributed by atoms with Crippen LogP contribution in [0.4, 0.5) is 0 Å². The zero-order valence-electron chi connectivity index (χ0n) is 22.5. The average molecular weight is 512 g/mol. The van der Waals surface area contributed by atoms with Gasteiger partial charge in [0.25, 0.3) is 0 Å². The molecule has 0 aliphatic heterocycles. The highest BCUT2D eigenvalue weighted by atomic mass is 15.0. The van der Waals surface area contributed by atoms with E-state index >= 15 is 0 Å². The molecule has 6 aromatic rings. The zero-order chi connectivity index (χ0) is 26.7. The van der Waals surface area contributed by atoms with Gasteiger partial charge in [-0.25, -0.2) is 0 Å². The lowest BCUT2D eigenvalue weighted by Crippen LogP contribution is -2.45. The van der Waals surface area contributed by atoms with Crippen molar-refractivity contribution in [1.82, 2.24) is 4.57 Å². The van der Waals surface area contributed by atoms with E-state index in [2.05, 4.69) is 163 Å². The summed E-state index contributed by atoms with van der Waals surface area (Å²) < 4.78 is 2.39. The third-order valence-corrected chi connectivity index (χ3v) is 8.92. The van der Waals surface area contributed by atoms with Crippen LogP contribution in [0.25, 0.3) is 38.6 Å². The quantitative estimate of drug-likeness (QED) is 0.227. The minimum atomic E-state index is -0.148. The lowest BCUT2D eigenvalue weighted by atomic mass is 9.60. The molecule has 8 rings (SSSR count). The van der Waals surface area contributed by atoms with E-state index in [9.17, 15) is 0 Å². The predicted molar refractivity (Wildman–Crippen MR) is 168 cm³/mol. The fraction of sp³-hybridized carbons (Fsp3) is 0.0769. The standard InChI is InChI=1S/C39H29N/c1-39-26-12-11-19-34(39)37(32-17-5-6-18-33(32)38(39)28-13-3-2-4-14-28)27-22-24-29(25-23-27)40-35-20-9-7-15-30(35)31-16-8-10-21-36(31)40/h2-26,34H,1H3. The van der Waals surface area contributed by atoms with Gasteiger partial charge in [0.15, 0.2) is 0 Å². The molecule has 40 heavy (non-hydrogen) atoms. The largest absolute Gasteiger partial charge is 0.309 e. The molecule has 2 unspecified atom stereocenters. The summed E-state index contributed by atoms with van der Waals surface area (Å²) in [4.78, 5) is 0. The fourth-order valence-electron chi connectivity index (χ4n) is 7.16. The fourth-order valence-corrected chi connectivity index (χ4v) is 7.16. The third kappa shape index (κ3) is 3.28. The summed E-state index contributed by atoms with van der Waals surface area (Å²) >= 11 is 0. The summed E-state index contributed by atoms with van der Waals surface area (Å²) in [6, 6.07) is 46.5. The van der Waals surface area contributed by atoms with Crippen molar-refractivity contribution in [3.05, 3.63) is 173 Å². The van der Waals surface area contributed by atoms with Crippen LogP contribution in [-0.2, 0) is 0 Å². The van der Waals surface area contributed by atoms with Crippen LogP contribution in [0.1, 0.15) is 18.1 Å². The van der Waals surface area contributed by atoms with Gasteiger partial charge in [-0.1, -0.05) is 134 Å². The molecule has 0 radical (unpaired) electrons. The van der Waals surface area contributed by atoms with Gasteiger partial charge >= 0.3 is 0 Å². The molecule has 0 amide bonds. The molecule has 2 aliphatic rings. The maximum absolute atomic E-state index is 2.41. The first-order valence-electron chi connectivity index (χ1n) is 14.1. The molecule has 1 nitrogen and oxygen atoms in total. The van der Waals surface area contributed by atoms with Crippen molar-refractivity contribution in [1.29, 1.82) is 0 Å². The number of nitrogens with zero attached hydrogens (tertiary/aromatic N) is 1. The molecule has 0 saturated carbocycles. The van der Waals surface area contributed by atoms with Gasteiger partial charge in [0.1, 0.15) is 0 Å². The second kappa shape index (κ2) is 8.83. The van der Waals surface area contributed by atoms with E-state index in [1.807, 2.05) is 0 Å². The molecule has 1 heteroatoms. The van der Waals surface area contributed by atoms with Crippen LogP contribution in [0, 0.1) is 11.3 Å². The summed E-state index contributed by atoms with van der Waals surface area (Å²) in [6.07, 6.45) is 9.24. The van der Waals surface area contributed by atoms with Gasteiger partial charge in [0.2, 0.25) is 0 Å². The van der Waals surface area contributed by atoms with Gasteiger partial charge < -0.3 is 4.57 Å². The van der Waals surface area contributed by atoms with Crippen molar-refractivity contribution in [2.75, 3.05) is 0 Å². The van der Waals surface area contributed by atoms with Gasteiger partial charge in [-0.15, -0.1) is 0 Å². The normalized spacial score (nSPS) is 19.7. The van der Waals surface area contributed by atoms with Crippen molar-refractivity contribution < 1.29 is 0 Å². The Hall–Kier alpha value is -4.88. The highest BCUT2D eigenvalue weighted by molar-refractivity contribution is 6.09. The molecule has 5 aromatic carbocycles. The van der Waals surface area contributed by atoms with Crippen LogP contribution in [0.3, 0.4) is 0 Å². The van der Waals surface area contributed by atoms with Gasteiger partial charge in [-0.3, -0.25) is 0 Å². The Balaban J connectivity index is 1.38. The van der Waals surface area contributed by atoms with Gasteiger partial charge in [-0.2, -0.15) is 0 Å². The minimum absolute atomic E-state index is 0.148. The lowest BCUT2D eigenvalue weighted by molar-refractivity contribution is 0.478. The number of hydrogen-bond acceptors (Lipinski definition) is 0. The number of para-hydroxylation sites is 2. The molecule has 0 bridgehead atoms. The van der Waals surface area contributed by atoms with Crippen molar-refractivity contribution in [2.24, 2.45) is 11.3 Å². The summed E-state index contributed by atoms with van der Waals surface area (Å²) in [5.74, 6) is 0.238. The molecular formula is C39H29N. The first-order chi connectivity index (χ1) is 19.7. The summed E-state index contributed by atoms with van der Waals surface area (Å²) in [5, 5.41) is 5.23. The molecule has 0 fully saturated rings. The highest BCUT2D eigenvalue weighted by Crippen LogP contribution is 2.49. The van der Waals surface area contributed by atoms with Crippen LogP contribution >= 0.6 is 0 Å². The maximum Gasteiger partial charge on any atom is 0.0541 e. The average Bonchev–Trinajstić information content (AvgIpc) is 3.35.